The summed E-state index contributed by atoms with van der Waals surface area (Å²) in [6.45, 7) is 2.34. The van der Waals surface area contributed by atoms with Gasteiger partial charge in [-0.3, -0.25) is 9.59 Å². The number of rotatable bonds is 8. The van der Waals surface area contributed by atoms with E-state index in [-0.39, 0.29) is 17.4 Å². The van der Waals surface area contributed by atoms with Gasteiger partial charge in [-0.05, 0) is 40.3 Å². The maximum Gasteiger partial charge on any atom is 0.224 e. The van der Waals surface area contributed by atoms with Gasteiger partial charge in [0.15, 0.2) is 5.78 Å². The van der Waals surface area contributed by atoms with E-state index >= 15 is 0 Å². The number of nitrogens with one attached hydrogen (secondary N) is 1. The van der Waals surface area contributed by atoms with Crippen molar-refractivity contribution in [2.45, 2.75) is 25.0 Å². The largest absolute Gasteiger partial charge is 0.326 e. The number of benzene rings is 2. The van der Waals surface area contributed by atoms with Gasteiger partial charge in [-0.15, -0.1) is 5.10 Å². The first kappa shape index (κ1) is 18.8. The fourth-order valence-electron chi connectivity index (χ4n) is 2.36. The standard InChI is InChI=1S/C19H19N5O2S/c1-2-18(26)20-16-10-8-15(9-11-16)17(25)13-27-19-21-22-23-24(19)12-14-6-4-3-5-7-14/h3-11H,2,12-13H2,1H3,(H,20,26). The highest BCUT2D eigenvalue weighted by Gasteiger charge is 2.12. The van der Waals surface area contributed by atoms with Crippen LogP contribution in [-0.4, -0.2) is 37.7 Å². The molecule has 1 amide bonds. The van der Waals surface area contributed by atoms with Crippen molar-refractivity contribution in [3.05, 3.63) is 65.7 Å². The van der Waals surface area contributed by atoms with Crippen LogP contribution in [0.3, 0.4) is 0 Å². The molecule has 0 fully saturated rings. The number of tetrazole rings is 1. The van der Waals surface area contributed by atoms with Gasteiger partial charge in [0, 0.05) is 17.7 Å². The van der Waals surface area contributed by atoms with E-state index in [4.69, 9.17) is 0 Å². The maximum absolute atomic E-state index is 12.4. The molecule has 2 aromatic carbocycles. The molecule has 0 aliphatic rings. The number of anilines is 1. The Labute approximate surface area is 161 Å². The molecule has 0 bridgehead atoms. The van der Waals surface area contributed by atoms with E-state index < -0.39 is 0 Å². The van der Waals surface area contributed by atoms with Crippen molar-refractivity contribution in [2.24, 2.45) is 0 Å². The third kappa shape index (κ3) is 5.24. The number of amides is 1. The van der Waals surface area contributed by atoms with E-state index in [1.807, 2.05) is 30.3 Å². The monoisotopic (exact) mass is 381 g/mol. The lowest BCUT2D eigenvalue weighted by atomic mass is 10.1. The zero-order valence-electron chi connectivity index (χ0n) is 14.8. The lowest BCUT2D eigenvalue weighted by molar-refractivity contribution is -0.115. The summed E-state index contributed by atoms with van der Waals surface area (Å²) in [7, 11) is 0. The molecule has 3 aromatic rings. The zero-order valence-corrected chi connectivity index (χ0v) is 15.6. The summed E-state index contributed by atoms with van der Waals surface area (Å²) in [4.78, 5) is 23.8. The molecular weight excluding hydrogens is 362 g/mol. The lowest BCUT2D eigenvalue weighted by Gasteiger charge is -2.06. The van der Waals surface area contributed by atoms with Gasteiger partial charge in [-0.1, -0.05) is 49.0 Å². The number of carbonyl (C=O) groups is 2. The third-order valence-electron chi connectivity index (χ3n) is 3.82. The van der Waals surface area contributed by atoms with Gasteiger partial charge in [0.25, 0.3) is 0 Å². The fourth-order valence-corrected chi connectivity index (χ4v) is 3.13. The van der Waals surface area contributed by atoms with Crippen LogP contribution in [0.4, 0.5) is 5.69 Å². The van der Waals surface area contributed by atoms with Crippen molar-refractivity contribution in [3.8, 4) is 0 Å². The van der Waals surface area contributed by atoms with Gasteiger partial charge in [-0.25, -0.2) is 4.68 Å². The summed E-state index contributed by atoms with van der Waals surface area (Å²) in [6.07, 6.45) is 0.412. The average Bonchev–Trinajstić information content (AvgIpc) is 3.14. The van der Waals surface area contributed by atoms with E-state index in [0.29, 0.717) is 29.4 Å². The molecule has 1 aromatic heterocycles. The minimum absolute atomic E-state index is 0.0253. The molecule has 0 aliphatic carbocycles. The highest BCUT2D eigenvalue weighted by atomic mass is 32.2. The summed E-state index contributed by atoms with van der Waals surface area (Å²) in [5.74, 6) is 0.146. The second kappa shape index (κ2) is 9.09. The van der Waals surface area contributed by atoms with Crippen LogP contribution in [0.2, 0.25) is 0 Å². The molecule has 0 atom stereocenters. The Balaban J connectivity index is 1.58. The van der Waals surface area contributed by atoms with Gasteiger partial charge in [0.1, 0.15) is 0 Å². The van der Waals surface area contributed by atoms with Crippen molar-refractivity contribution in [1.29, 1.82) is 0 Å². The van der Waals surface area contributed by atoms with Gasteiger partial charge in [-0.2, -0.15) is 0 Å². The normalized spacial score (nSPS) is 10.6. The van der Waals surface area contributed by atoms with Crippen molar-refractivity contribution in [2.75, 3.05) is 11.1 Å². The Morgan fingerprint density at radius 1 is 1.07 bits per heavy atom. The molecule has 27 heavy (non-hydrogen) atoms. The number of thioether (sulfide) groups is 1. The number of Topliss-reactive ketones (excluding diaryl/α,β-unsaturated/α-hetero) is 1. The molecule has 0 radical (unpaired) electrons. The quantitative estimate of drug-likeness (QED) is 0.476. The van der Waals surface area contributed by atoms with Crippen LogP contribution >= 0.6 is 11.8 Å². The number of ketones is 1. The number of nitrogens with zero attached hydrogens (tertiary/aromatic N) is 4. The van der Waals surface area contributed by atoms with Crippen LogP contribution in [0.25, 0.3) is 0 Å². The predicted molar refractivity (Wildman–Crippen MR) is 104 cm³/mol. The van der Waals surface area contributed by atoms with E-state index in [9.17, 15) is 9.59 Å². The number of carbonyl (C=O) groups excluding carboxylic acids is 2. The van der Waals surface area contributed by atoms with Crippen LogP contribution < -0.4 is 5.32 Å². The minimum Gasteiger partial charge on any atom is -0.326 e. The van der Waals surface area contributed by atoms with Crippen molar-refractivity contribution in [3.63, 3.8) is 0 Å². The van der Waals surface area contributed by atoms with Crippen LogP contribution in [0.1, 0.15) is 29.3 Å². The third-order valence-corrected chi connectivity index (χ3v) is 4.78. The predicted octanol–water partition coefficient (Wildman–Crippen LogP) is 3.04. The van der Waals surface area contributed by atoms with Gasteiger partial charge in [0.2, 0.25) is 11.1 Å². The summed E-state index contributed by atoms with van der Waals surface area (Å²) < 4.78 is 1.68. The molecule has 8 heteroatoms. The lowest BCUT2D eigenvalue weighted by Crippen LogP contribution is -2.10. The molecule has 0 unspecified atom stereocenters. The van der Waals surface area contributed by atoms with Crippen LogP contribution in [0.15, 0.2) is 59.8 Å². The number of hydrogen-bond acceptors (Lipinski definition) is 6. The van der Waals surface area contributed by atoms with Gasteiger partial charge >= 0.3 is 0 Å². The molecular formula is C19H19N5O2S. The summed E-state index contributed by atoms with van der Waals surface area (Å²) >= 11 is 1.30. The Kier molecular flexibility index (Phi) is 6.32. The molecule has 0 saturated carbocycles. The maximum atomic E-state index is 12.4. The zero-order chi connectivity index (χ0) is 19.1. The Bertz CT molecular complexity index is 909. The van der Waals surface area contributed by atoms with E-state index in [1.165, 1.54) is 11.8 Å². The Morgan fingerprint density at radius 3 is 2.52 bits per heavy atom. The number of aromatic nitrogens is 4. The molecule has 1 N–H and O–H groups in total. The van der Waals surface area contributed by atoms with Crippen molar-refractivity contribution >= 4 is 29.1 Å². The van der Waals surface area contributed by atoms with Crippen LogP contribution in [0, 0.1) is 0 Å². The smallest absolute Gasteiger partial charge is 0.224 e. The minimum atomic E-state index is -0.0603. The first-order chi connectivity index (χ1) is 13.2. The SMILES string of the molecule is CCC(=O)Nc1ccc(C(=O)CSc2nnnn2Cc2ccccc2)cc1. The van der Waals surface area contributed by atoms with Crippen molar-refractivity contribution in [1.82, 2.24) is 20.2 Å². The fraction of sp³-hybridized carbons (Fsp3) is 0.211. The summed E-state index contributed by atoms with van der Waals surface area (Å²) in [6, 6.07) is 16.7. The van der Waals surface area contributed by atoms with E-state index in [1.54, 1.807) is 35.9 Å². The topological polar surface area (TPSA) is 89.8 Å². The second-order valence-electron chi connectivity index (χ2n) is 5.80. The van der Waals surface area contributed by atoms with Gasteiger partial charge < -0.3 is 5.32 Å². The molecule has 1 heterocycles. The molecule has 3 rings (SSSR count). The average molecular weight is 381 g/mol. The first-order valence-electron chi connectivity index (χ1n) is 8.51. The van der Waals surface area contributed by atoms with Crippen LogP contribution in [-0.2, 0) is 11.3 Å². The molecule has 0 aliphatic heterocycles. The molecule has 7 nitrogen and oxygen atoms in total. The summed E-state index contributed by atoms with van der Waals surface area (Å²) in [5, 5.41) is 15.1. The Morgan fingerprint density at radius 2 is 1.81 bits per heavy atom. The molecule has 138 valence electrons. The molecule has 0 saturated heterocycles. The van der Waals surface area contributed by atoms with Crippen LogP contribution in [0.5, 0.6) is 0 Å². The van der Waals surface area contributed by atoms with Gasteiger partial charge in [0.05, 0.1) is 12.3 Å². The highest BCUT2D eigenvalue weighted by Crippen LogP contribution is 2.18. The second-order valence-corrected chi connectivity index (χ2v) is 6.74. The van der Waals surface area contributed by atoms with E-state index in [2.05, 4.69) is 20.8 Å². The highest BCUT2D eigenvalue weighted by molar-refractivity contribution is 7.99. The molecule has 0 spiro atoms. The van der Waals surface area contributed by atoms with Crippen molar-refractivity contribution < 1.29 is 9.59 Å². The Hall–Kier alpha value is -3.00. The van der Waals surface area contributed by atoms with E-state index in [0.717, 1.165) is 5.56 Å². The number of hydrogen-bond donors (Lipinski definition) is 1. The first-order valence-corrected chi connectivity index (χ1v) is 9.50. The summed E-state index contributed by atoms with van der Waals surface area (Å²) in [5.41, 5.74) is 2.35.